The molecule has 1 atom stereocenters. The van der Waals surface area contributed by atoms with Crippen LogP contribution >= 0.6 is 0 Å². The van der Waals surface area contributed by atoms with Crippen molar-refractivity contribution in [3.8, 4) is 0 Å². The number of esters is 3. The maximum atomic E-state index is 12.8. The third kappa shape index (κ3) is 51.9. The van der Waals surface area contributed by atoms with E-state index in [0.29, 0.717) is 12.8 Å². The molecule has 0 aliphatic heterocycles. The van der Waals surface area contributed by atoms with Crippen molar-refractivity contribution in [2.75, 3.05) is 13.2 Å². The summed E-state index contributed by atoms with van der Waals surface area (Å²) in [6.45, 7) is 6.21. The van der Waals surface area contributed by atoms with Crippen LogP contribution in [0.15, 0.2) is 158 Å². The van der Waals surface area contributed by atoms with Gasteiger partial charge in [-0.2, -0.15) is 0 Å². The number of carbonyl (C=O) groups is 3. The SMILES string of the molecule is CC/C=C/C=C/C=C/C=C/C=C/CCCC(=O)OCC(COC(=O)CCCCC/C=C/C/C=C/C/C=C/C/C=C/C/C=C/CC)OC(=O)CCC/C=C/C/C=C/C/C=C/CCCCCCCC. The summed E-state index contributed by atoms with van der Waals surface area (Å²) in [4.78, 5) is 38.0. The average molecular weight is 921 g/mol. The molecule has 0 bridgehead atoms. The lowest BCUT2D eigenvalue weighted by molar-refractivity contribution is -0.167. The quantitative estimate of drug-likeness (QED) is 0.0199. The molecule has 0 amide bonds. The Bertz CT molecular complexity index is 1570. The zero-order chi connectivity index (χ0) is 48.6. The van der Waals surface area contributed by atoms with Crippen LogP contribution in [0.3, 0.4) is 0 Å². The van der Waals surface area contributed by atoms with Crippen molar-refractivity contribution in [1.29, 1.82) is 0 Å². The molecule has 0 heterocycles. The predicted molar refractivity (Wildman–Crippen MR) is 288 cm³/mol. The molecule has 0 rings (SSSR count). The van der Waals surface area contributed by atoms with Crippen LogP contribution in [0.25, 0.3) is 0 Å². The summed E-state index contributed by atoms with van der Waals surface area (Å²) in [5.41, 5.74) is 0. The smallest absolute Gasteiger partial charge is 0.306 e. The first-order valence-electron chi connectivity index (χ1n) is 26.1. The summed E-state index contributed by atoms with van der Waals surface area (Å²) >= 11 is 0. The third-order valence-corrected chi connectivity index (χ3v) is 10.1. The highest BCUT2D eigenvalue weighted by atomic mass is 16.6. The van der Waals surface area contributed by atoms with Gasteiger partial charge in [-0.25, -0.2) is 0 Å². The van der Waals surface area contributed by atoms with E-state index in [4.69, 9.17) is 14.2 Å². The molecular weight excluding hydrogens is 829 g/mol. The summed E-state index contributed by atoms with van der Waals surface area (Å²) in [7, 11) is 0. The van der Waals surface area contributed by atoms with Crippen molar-refractivity contribution < 1.29 is 28.6 Å². The van der Waals surface area contributed by atoms with E-state index in [2.05, 4.69) is 124 Å². The fourth-order valence-electron chi connectivity index (χ4n) is 6.28. The monoisotopic (exact) mass is 921 g/mol. The molecule has 0 aromatic rings. The Kier molecular flexibility index (Phi) is 49.7. The number of carbonyl (C=O) groups excluding carboxylic acids is 3. The minimum absolute atomic E-state index is 0.146. The zero-order valence-electron chi connectivity index (χ0n) is 42.3. The Morgan fingerprint density at radius 2 is 0.672 bits per heavy atom. The van der Waals surface area contributed by atoms with Crippen LogP contribution in [0.5, 0.6) is 0 Å². The van der Waals surface area contributed by atoms with E-state index in [0.717, 1.165) is 89.9 Å². The molecule has 6 nitrogen and oxygen atoms in total. The van der Waals surface area contributed by atoms with Crippen LogP contribution < -0.4 is 0 Å². The second-order valence-electron chi connectivity index (χ2n) is 16.4. The third-order valence-electron chi connectivity index (χ3n) is 10.1. The lowest BCUT2D eigenvalue weighted by Gasteiger charge is -2.18. The van der Waals surface area contributed by atoms with Gasteiger partial charge in [0.15, 0.2) is 6.10 Å². The summed E-state index contributed by atoms with van der Waals surface area (Å²) in [6, 6.07) is 0. The van der Waals surface area contributed by atoms with Crippen LogP contribution in [-0.2, 0) is 28.6 Å². The first-order valence-corrected chi connectivity index (χ1v) is 26.1. The van der Waals surface area contributed by atoms with E-state index in [-0.39, 0.29) is 44.4 Å². The van der Waals surface area contributed by atoms with E-state index in [9.17, 15) is 14.4 Å². The van der Waals surface area contributed by atoms with Crippen LogP contribution in [0, 0.1) is 0 Å². The fourth-order valence-corrected chi connectivity index (χ4v) is 6.28. The van der Waals surface area contributed by atoms with Gasteiger partial charge in [0.1, 0.15) is 13.2 Å². The summed E-state index contributed by atoms with van der Waals surface area (Å²) in [5, 5.41) is 0. The lowest BCUT2D eigenvalue weighted by Crippen LogP contribution is -2.30. The van der Waals surface area contributed by atoms with Crippen LogP contribution in [0.1, 0.15) is 188 Å². The maximum absolute atomic E-state index is 12.8. The highest BCUT2D eigenvalue weighted by Crippen LogP contribution is 2.10. The molecule has 0 radical (unpaired) electrons. The first kappa shape index (κ1) is 62.0. The van der Waals surface area contributed by atoms with Crippen molar-refractivity contribution in [2.45, 2.75) is 194 Å². The zero-order valence-corrected chi connectivity index (χ0v) is 42.3. The topological polar surface area (TPSA) is 78.9 Å². The van der Waals surface area contributed by atoms with Crippen LogP contribution in [-0.4, -0.2) is 37.2 Å². The molecule has 67 heavy (non-hydrogen) atoms. The van der Waals surface area contributed by atoms with E-state index in [1.54, 1.807) is 0 Å². The summed E-state index contributed by atoms with van der Waals surface area (Å²) < 4.78 is 16.6. The van der Waals surface area contributed by atoms with Crippen LogP contribution in [0.2, 0.25) is 0 Å². The average Bonchev–Trinajstić information content (AvgIpc) is 3.33. The van der Waals surface area contributed by atoms with Crippen LogP contribution in [0.4, 0.5) is 0 Å². The molecule has 0 saturated heterocycles. The van der Waals surface area contributed by atoms with Gasteiger partial charge in [-0.05, 0) is 109 Å². The van der Waals surface area contributed by atoms with Gasteiger partial charge in [-0.1, -0.05) is 217 Å². The number of ether oxygens (including phenoxy) is 3. The van der Waals surface area contributed by atoms with Crippen molar-refractivity contribution in [2.24, 2.45) is 0 Å². The molecule has 0 aromatic heterocycles. The molecule has 372 valence electrons. The number of allylic oxidation sites excluding steroid dienone is 26. The largest absolute Gasteiger partial charge is 0.462 e. The molecule has 0 spiro atoms. The van der Waals surface area contributed by atoms with Crippen molar-refractivity contribution in [3.63, 3.8) is 0 Å². The van der Waals surface area contributed by atoms with Gasteiger partial charge < -0.3 is 14.2 Å². The van der Waals surface area contributed by atoms with Gasteiger partial charge in [0, 0.05) is 19.3 Å². The highest BCUT2D eigenvalue weighted by Gasteiger charge is 2.19. The molecule has 0 aliphatic rings. The Labute approximate surface area is 409 Å². The fraction of sp³-hybridized carbons (Fsp3) is 0.525. The Morgan fingerprint density at radius 3 is 1.15 bits per heavy atom. The number of unbranched alkanes of at least 4 members (excludes halogenated alkanes) is 11. The van der Waals surface area contributed by atoms with Gasteiger partial charge in [-0.3, -0.25) is 14.4 Å². The van der Waals surface area contributed by atoms with Crippen molar-refractivity contribution in [1.82, 2.24) is 0 Å². The summed E-state index contributed by atoms with van der Waals surface area (Å²) in [6.07, 6.45) is 78.1. The predicted octanol–water partition coefficient (Wildman–Crippen LogP) is 17.4. The molecule has 0 saturated carbocycles. The molecule has 0 N–H and O–H groups in total. The normalized spacial score (nSPS) is 13.4. The molecule has 0 fully saturated rings. The second-order valence-corrected chi connectivity index (χ2v) is 16.4. The van der Waals surface area contributed by atoms with E-state index < -0.39 is 12.1 Å². The Balaban J connectivity index is 4.64. The Morgan fingerprint density at radius 1 is 0.328 bits per heavy atom. The van der Waals surface area contributed by atoms with Crippen molar-refractivity contribution in [3.05, 3.63) is 158 Å². The van der Waals surface area contributed by atoms with Gasteiger partial charge in [0.25, 0.3) is 0 Å². The Hall–Kier alpha value is -4.97. The standard InChI is InChI=1S/C61H92O6/c1-4-7-10-13-16-19-22-25-27-29-30-32-33-36-39-42-45-48-51-54-60(63)66-57-58(56-65-59(62)53-50-47-44-41-38-35-24-21-18-15-12-9-6-3)67-61(64)55-52-49-46-43-40-37-34-31-28-26-23-20-17-14-11-8-5-2/h7,9-10,12,15-16,18-19,21,24-28,30,32,34-39,41,43-44,46,58H,4-6,8,11,13-14,17,20,22-23,29,31,33,40,42,45,47-57H2,1-3H3/b10-7+,12-9+,18-15+,19-16+,24-21+,27-25+,28-26+,32-30+,37-34+,38-35+,39-36+,44-41+,46-43+. The first-order chi connectivity index (χ1) is 33.0. The van der Waals surface area contributed by atoms with E-state index in [1.165, 1.54) is 44.9 Å². The molecule has 6 heteroatoms. The summed E-state index contributed by atoms with van der Waals surface area (Å²) in [5.74, 6) is -1.12. The van der Waals surface area contributed by atoms with Gasteiger partial charge in [0.05, 0.1) is 0 Å². The van der Waals surface area contributed by atoms with Gasteiger partial charge in [0.2, 0.25) is 0 Å². The molecule has 1 unspecified atom stereocenters. The molecule has 0 aromatic carbocycles. The maximum Gasteiger partial charge on any atom is 0.306 e. The molecular formula is C61H92O6. The number of rotatable bonds is 44. The van der Waals surface area contributed by atoms with E-state index in [1.807, 2.05) is 54.7 Å². The lowest BCUT2D eigenvalue weighted by atomic mass is 10.1. The second kappa shape index (κ2) is 53.6. The van der Waals surface area contributed by atoms with Crippen molar-refractivity contribution >= 4 is 17.9 Å². The minimum Gasteiger partial charge on any atom is -0.462 e. The number of hydrogen-bond donors (Lipinski definition) is 0. The number of hydrogen-bond acceptors (Lipinski definition) is 6. The molecule has 0 aliphatic carbocycles. The highest BCUT2D eigenvalue weighted by molar-refractivity contribution is 5.71. The van der Waals surface area contributed by atoms with Gasteiger partial charge >= 0.3 is 17.9 Å². The van der Waals surface area contributed by atoms with E-state index >= 15 is 0 Å². The van der Waals surface area contributed by atoms with Gasteiger partial charge in [-0.15, -0.1) is 0 Å². The minimum atomic E-state index is -0.855.